The predicted octanol–water partition coefficient (Wildman–Crippen LogP) is 4.66. The first-order chi connectivity index (χ1) is 13.7. The lowest BCUT2D eigenvalue weighted by molar-refractivity contribution is -0.120. The van der Waals surface area contributed by atoms with Gasteiger partial charge in [-0.25, -0.2) is 9.97 Å². The van der Waals surface area contributed by atoms with Crippen LogP contribution in [0.15, 0.2) is 41.7 Å². The highest BCUT2D eigenvalue weighted by atomic mass is 32.2. The van der Waals surface area contributed by atoms with Crippen LogP contribution in [0.2, 0.25) is 0 Å². The minimum atomic E-state index is 0.106. The van der Waals surface area contributed by atoms with Crippen molar-refractivity contribution >= 4 is 39.2 Å². The van der Waals surface area contributed by atoms with E-state index in [0.717, 1.165) is 40.8 Å². The molecule has 0 spiro atoms. The van der Waals surface area contributed by atoms with Gasteiger partial charge in [-0.2, -0.15) is 0 Å². The molecule has 1 aliphatic carbocycles. The molecule has 1 atom stereocenters. The largest absolute Gasteiger partial charge is 0.356 e. The van der Waals surface area contributed by atoms with Crippen molar-refractivity contribution in [3.05, 3.63) is 52.7 Å². The molecule has 1 N–H and O–H groups in total. The Hall–Kier alpha value is -1.92. The first-order valence-corrected chi connectivity index (χ1v) is 11.7. The molecule has 1 aromatic carbocycles. The Morgan fingerprint density at radius 2 is 2.14 bits per heavy atom. The van der Waals surface area contributed by atoms with Crippen molar-refractivity contribution in [1.29, 1.82) is 0 Å². The van der Waals surface area contributed by atoms with E-state index in [1.165, 1.54) is 27.8 Å². The minimum Gasteiger partial charge on any atom is -0.356 e. The third-order valence-corrected chi connectivity index (χ3v) is 7.36. The summed E-state index contributed by atoms with van der Waals surface area (Å²) in [5.41, 5.74) is 2.70. The minimum absolute atomic E-state index is 0.106. The number of aryl methyl sites for hydroxylation is 1. The lowest BCUT2D eigenvalue weighted by atomic mass is 9.89. The number of benzene rings is 1. The summed E-state index contributed by atoms with van der Waals surface area (Å²) in [7, 11) is 0. The Labute approximate surface area is 174 Å². The molecule has 6 heteroatoms. The summed E-state index contributed by atoms with van der Waals surface area (Å²) >= 11 is 3.50. The topological polar surface area (TPSA) is 54.9 Å². The average Bonchev–Trinajstić information content (AvgIpc) is 3.07. The monoisotopic (exact) mass is 411 g/mol. The Morgan fingerprint density at radius 1 is 1.29 bits per heavy atom. The van der Waals surface area contributed by atoms with Crippen molar-refractivity contribution in [3.63, 3.8) is 0 Å². The average molecular weight is 412 g/mol. The highest BCUT2D eigenvalue weighted by Crippen LogP contribution is 2.40. The summed E-state index contributed by atoms with van der Waals surface area (Å²) < 4.78 is 0. The number of carbonyl (C=O) groups is 1. The molecule has 1 amide bonds. The number of rotatable bonds is 7. The van der Waals surface area contributed by atoms with Gasteiger partial charge in [0.15, 0.2) is 0 Å². The summed E-state index contributed by atoms with van der Waals surface area (Å²) in [6, 6.07) is 10.2. The van der Waals surface area contributed by atoms with Crippen LogP contribution in [0.5, 0.6) is 0 Å². The third kappa shape index (κ3) is 4.55. The number of thiophene rings is 1. The second-order valence-corrected chi connectivity index (χ2v) is 9.56. The van der Waals surface area contributed by atoms with Crippen LogP contribution in [-0.4, -0.2) is 28.2 Å². The van der Waals surface area contributed by atoms with Crippen molar-refractivity contribution in [2.75, 3.05) is 12.3 Å². The van der Waals surface area contributed by atoms with Gasteiger partial charge in [0.1, 0.15) is 16.2 Å². The van der Waals surface area contributed by atoms with Gasteiger partial charge in [0.2, 0.25) is 5.91 Å². The number of hydrogen-bond acceptors (Lipinski definition) is 5. The van der Waals surface area contributed by atoms with E-state index in [9.17, 15) is 4.79 Å². The van der Waals surface area contributed by atoms with Crippen LogP contribution in [0.3, 0.4) is 0 Å². The van der Waals surface area contributed by atoms with Gasteiger partial charge in [-0.15, -0.1) is 23.1 Å². The van der Waals surface area contributed by atoms with Gasteiger partial charge >= 0.3 is 0 Å². The molecule has 0 bridgehead atoms. The SMILES string of the molecule is C[C@@H]1CCc2c(sc3ncnc(SCCC(=O)NCCc4ccccc4)c23)C1. The van der Waals surface area contributed by atoms with E-state index in [-0.39, 0.29) is 5.91 Å². The standard InChI is InChI=1S/C22H25N3OS2/c1-15-7-8-17-18(13-15)28-22-20(17)21(24-14-25-22)27-12-10-19(26)23-11-9-16-5-3-2-4-6-16/h2-6,14-15H,7-13H2,1H3,(H,23,26)/t15-/m1/s1. The Bertz CT molecular complexity index is 955. The van der Waals surface area contributed by atoms with Crippen molar-refractivity contribution in [2.24, 2.45) is 5.92 Å². The summed E-state index contributed by atoms with van der Waals surface area (Å²) in [5, 5.41) is 5.30. The molecular weight excluding hydrogens is 386 g/mol. The molecule has 4 rings (SSSR count). The van der Waals surface area contributed by atoms with Crippen LogP contribution in [-0.2, 0) is 24.1 Å². The molecule has 1 aliphatic rings. The van der Waals surface area contributed by atoms with E-state index in [0.29, 0.717) is 13.0 Å². The number of fused-ring (bicyclic) bond motifs is 3. The van der Waals surface area contributed by atoms with E-state index in [1.54, 1.807) is 18.1 Å². The fraction of sp³-hybridized carbons (Fsp3) is 0.409. The zero-order chi connectivity index (χ0) is 19.3. The number of nitrogens with zero attached hydrogens (tertiary/aromatic N) is 2. The third-order valence-electron chi connectivity index (χ3n) is 5.20. The summed E-state index contributed by atoms with van der Waals surface area (Å²) in [6.07, 6.45) is 6.55. The molecule has 0 saturated carbocycles. The summed E-state index contributed by atoms with van der Waals surface area (Å²) in [5.74, 6) is 1.60. The van der Waals surface area contributed by atoms with Crippen LogP contribution < -0.4 is 5.32 Å². The van der Waals surface area contributed by atoms with Crippen molar-refractivity contribution < 1.29 is 4.79 Å². The fourth-order valence-corrected chi connectivity index (χ4v) is 6.06. The van der Waals surface area contributed by atoms with Gasteiger partial charge in [-0.3, -0.25) is 4.79 Å². The van der Waals surface area contributed by atoms with Crippen molar-refractivity contribution in [2.45, 2.75) is 44.1 Å². The lowest BCUT2D eigenvalue weighted by Crippen LogP contribution is -2.25. The normalized spacial score (nSPS) is 16.1. The number of carbonyl (C=O) groups excluding carboxylic acids is 1. The smallest absolute Gasteiger partial charge is 0.220 e. The Balaban J connectivity index is 1.31. The van der Waals surface area contributed by atoms with Crippen LogP contribution in [0.25, 0.3) is 10.2 Å². The highest BCUT2D eigenvalue weighted by Gasteiger charge is 2.23. The molecule has 146 valence electrons. The van der Waals surface area contributed by atoms with E-state index < -0.39 is 0 Å². The summed E-state index contributed by atoms with van der Waals surface area (Å²) in [6.45, 7) is 3.01. The van der Waals surface area contributed by atoms with Crippen LogP contribution in [0.1, 0.15) is 35.8 Å². The lowest BCUT2D eigenvalue weighted by Gasteiger charge is -2.18. The number of hydrogen-bond donors (Lipinski definition) is 1. The second-order valence-electron chi connectivity index (χ2n) is 7.39. The molecule has 4 nitrogen and oxygen atoms in total. The quantitative estimate of drug-likeness (QED) is 0.454. The highest BCUT2D eigenvalue weighted by molar-refractivity contribution is 7.99. The molecule has 3 aromatic rings. The van der Waals surface area contributed by atoms with E-state index >= 15 is 0 Å². The molecule has 2 aromatic heterocycles. The Morgan fingerprint density at radius 3 is 3.00 bits per heavy atom. The van der Waals surface area contributed by atoms with Crippen LogP contribution in [0.4, 0.5) is 0 Å². The maximum Gasteiger partial charge on any atom is 0.220 e. The molecule has 2 heterocycles. The predicted molar refractivity (Wildman–Crippen MR) is 117 cm³/mol. The molecule has 28 heavy (non-hydrogen) atoms. The zero-order valence-corrected chi connectivity index (χ0v) is 17.7. The molecule has 0 fully saturated rings. The Kier molecular flexibility index (Phi) is 6.27. The van der Waals surface area contributed by atoms with Crippen molar-refractivity contribution in [1.82, 2.24) is 15.3 Å². The second kappa shape index (κ2) is 9.05. The number of nitrogens with one attached hydrogen (secondary N) is 1. The van der Waals surface area contributed by atoms with Gasteiger partial charge in [0.05, 0.1) is 0 Å². The number of thioether (sulfide) groups is 1. The number of aromatic nitrogens is 2. The number of amides is 1. The van der Waals surface area contributed by atoms with Crippen LogP contribution in [0, 0.1) is 5.92 Å². The molecule has 0 radical (unpaired) electrons. The van der Waals surface area contributed by atoms with Gasteiger partial charge in [-0.1, -0.05) is 37.3 Å². The maximum atomic E-state index is 12.2. The van der Waals surface area contributed by atoms with Gasteiger partial charge in [0.25, 0.3) is 0 Å². The fourth-order valence-electron chi connectivity index (χ4n) is 3.68. The van der Waals surface area contributed by atoms with E-state index in [2.05, 4.69) is 34.3 Å². The molecular formula is C22H25N3OS2. The molecule has 0 saturated heterocycles. The van der Waals surface area contributed by atoms with Gasteiger partial charge in [-0.05, 0) is 42.7 Å². The maximum absolute atomic E-state index is 12.2. The zero-order valence-electron chi connectivity index (χ0n) is 16.1. The molecule has 0 unspecified atom stereocenters. The first-order valence-electron chi connectivity index (χ1n) is 9.89. The van der Waals surface area contributed by atoms with Gasteiger partial charge in [0, 0.05) is 29.0 Å². The van der Waals surface area contributed by atoms with Gasteiger partial charge < -0.3 is 5.32 Å². The first kappa shape index (κ1) is 19.4. The van der Waals surface area contributed by atoms with E-state index in [4.69, 9.17) is 0 Å². The van der Waals surface area contributed by atoms with E-state index in [1.807, 2.05) is 29.5 Å². The molecule has 0 aliphatic heterocycles. The van der Waals surface area contributed by atoms with Crippen LogP contribution >= 0.6 is 23.1 Å². The van der Waals surface area contributed by atoms with Crippen molar-refractivity contribution in [3.8, 4) is 0 Å². The summed E-state index contributed by atoms with van der Waals surface area (Å²) in [4.78, 5) is 23.8.